The van der Waals surface area contributed by atoms with Gasteiger partial charge in [-0.15, -0.1) is 0 Å². The van der Waals surface area contributed by atoms with Crippen molar-refractivity contribution in [3.05, 3.63) is 79.1 Å². The molecule has 0 aliphatic carbocycles. The van der Waals surface area contributed by atoms with E-state index in [1.54, 1.807) is 24.3 Å². The quantitative estimate of drug-likeness (QED) is 0.811. The van der Waals surface area contributed by atoms with Crippen molar-refractivity contribution in [2.45, 2.75) is 6.61 Å². The number of aromatic hydroxyl groups is 1. The van der Waals surface area contributed by atoms with Gasteiger partial charge in [0.2, 0.25) is 0 Å². The standard InChI is InChI=1S/C9H10O.C6H6O/c1-2-10-8-9-6-4-3-5-7-9;7-6-4-2-1-3-5-6/h2-7H,1,8H2;1-5,7H. The van der Waals surface area contributed by atoms with E-state index in [1.165, 1.54) is 11.8 Å². The number of para-hydroxylation sites is 1. The molecule has 0 heterocycles. The lowest BCUT2D eigenvalue weighted by atomic mass is 10.2. The van der Waals surface area contributed by atoms with Crippen molar-refractivity contribution in [3.63, 3.8) is 0 Å². The highest BCUT2D eigenvalue weighted by Gasteiger charge is 1.85. The number of benzene rings is 2. The van der Waals surface area contributed by atoms with Crippen molar-refractivity contribution < 1.29 is 9.84 Å². The Morgan fingerprint density at radius 2 is 1.47 bits per heavy atom. The minimum atomic E-state index is 0.322. The Morgan fingerprint density at radius 3 is 1.88 bits per heavy atom. The van der Waals surface area contributed by atoms with Gasteiger partial charge >= 0.3 is 0 Å². The van der Waals surface area contributed by atoms with E-state index in [1.807, 2.05) is 36.4 Å². The SMILES string of the molecule is C=COCc1ccccc1.Oc1ccccc1. The Labute approximate surface area is 102 Å². The summed E-state index contributed by atoms with van der Waals surface area (Å²) in [6.45, 7) is 4.07. The third kappa shape index (κ3) is 6.05. The summed E-state index contributed by atoms with van der Waals surface area (Å²) in [6.07, 6.45) is 1.45. The third-order valence-electron chi connectivity index (χ3n) is 1.97. The first-order valence-electron chi connectivity index (χ1n) is 5.33. The van der Waals surface area contributed by atoms with E-state index in [0.717, 1.165) is 0 Å². The highest BCUT2D eigenvalue weighted by Crippen LogP contribution is 2.02. The first kappa shape index (κ1) is 12.8. The molecule has 2 nitrogen and oxygen atoms in total. The molecule has 0 amide bonds. The predicted octanol–water partition coefficient (Wildman–Crippen LogP) is 3.74. The minimum Gasteiger partial charge on any atom is -0.508 e. The van der Waals surface area contributed by atoms with Crippen LogP contribution in [-0.4, -0.2) is 5.11 Å². The van der Waals surface area contributed by atoms with E-state index in [9.17, 15) is 0 Å². The van der Waals surface area contributed by atoms with Crippen LogP contribution < -0.4 is 0 Å². The maximum absolute atomic E-state index is 8.63. The van der Waals surface area contributed by atoms with Gasteiger partial charge in [-0.3, -0.25) is 0 Å². The number of ether oxygens (including phenoxy) is 1. The average molecular weight is 228 g/mol. The minimum absolute atomic E-state index is 0.322. The first-order chi connectivity index (χ1) is 8.33. The molecule has 2 aromatic rings. The Morgan fingerprint density at radius 1 is 0.941 bits per heavy atom. The van der Waals surface area contributed by atoms with Crippen molar-refractivity contribution in [1.29, 1.82) is 0 Å². The van der Waals surface area contributed by atoms with Crippen LogP contribution in [0.4, 0.5) is 0 Å². The van der Waals surface area contributed by atoms with Crippen LogP contribution in [0.3, 0.4) is 0 Å². The van der Waals surface area contributed by atoms with Crippen molar-refractivity contribution in [1.82, 2.24) is 0 Å². The van der Waals surface area contributed by atoms with Crippen molar-refractivity contribution >= 4 is 0 Å². The second kappa shape index (κ2) is 7.99. The molecule has 0 unspecified atom stereocenters. The molecule has 0 atom stereocenters. The van der Waals surface area contributed by atoms with Gasteiger partial charge in [-0.2, -0.15) is 0 Å². The highest BCUT2D eigenvalue weighted by atomic mass is 16.5. The van der Waals surface area contributed by atoms with Crippen LogP contribution in [0.25, 0.3) is 0 Å². The molecular weight excluding hydrogens is 212 g/mol. The molecule has 88 valence electrons. The summed E-state index contributed by atoms with van der Waals surface area (Å²) in [5, 5.41) is 8.63. The van der Waals surface area contributed by atoms with Crippen molar-refractivity contribution in [3.8, 4) is 5.75 Å². The molecule has 2 rings (SSSR count). The number of rotatable bonds is 3. The van der Waals surface area contributed by atoms with E-state index in [2.05, 4.69) is 6.58 Å². The molecule has 0 aromatic heterocycles. The van der Waals surface area contributed by atoms with Crippen molar-refractivity contribution in [2.24, 2.45) is 0 Å². The molecule has 0 bridgehead atoms. The van der Waals surface area contributed by atoms with Gasteiger partial charge in [-0.1, -0.05) is 55.1 Å². The molecule has 0 spiro atoms. The number of hydrogen-bond acceptors (Lipinski definition) is 2. The summed E-state index contributed by atoms with van der Waals surface area (Å²) in [6, 6.07) is 18.7. The van der Waals surface area contributed by atoms with Gasteiger partial charge < -0.3 is 9.84 Å². The summed E-state index contributed by atoms with van der Waals surface area (Å²) >= 11 is 0. The van der Waals surface area contributed by atoms with Gasteiger partial charge in [0, 0.05) is 0 Å². The fourth-order valence-electron chi connectivity index (χ4n) is 1.16. The molecule has 1 N–H and O–H groups in total. The van der Waals surface area contributed by atoms with Gasteiger partial charge in [0.1, 0.15) is 12.4 Å². The van der Waals surface area contributed by atoms with Gasteiger partial charge in [0.05, 0.1) is 6.26 Å². The van der Waals surface area contributed by atoms with E-state index in [-0.39, 0.29) is 0 Å². The van der Waals surface area contributed by atoms with Crippen LogP contribution >= 0.6 is 0 Å². The van der Waals surface area contributed by atoms with Crippen LogP contribution in [0, 0.1) is 0 Å². The first-order valence-corrected chi connectivity index (χ1v) is 5.33. The van der Waals surface area contributed by atoms with E-state index < -0.39 is 0 Å². The number of phenolic OH excluding ortho intramolecular Hbond substituents is 1. The maximum atomic E-state index is 8.63. The van der Waals surface area contributed by atoms with E-state index in [4.69, 9.17) is 9.84 Å². The Balaban J connectivity index is 0.000000181. The molecule has 17 heavy (non-hydrogen) atoms. The summed E-state index contributed by atoms with van der Waals surface area (Å²) in [4.78, 5) is 0. The maximum Gasteiger partial charge on any atom is 0.115 e. The summed E-state index contributed by atoms with van der Waals surface area (Å²) in [7, 11) is 0. The van der Waals surface area contributed by atoms with E-state index >= 15 is 0 Å². The summed E-state index contributed by atoms with van der Waals surface area (Å²) in [5.41, 5.74) is 1.17. The molecule has 0 aliphatic heterocycles. The molecule has 0 aliphatic rings. The number of phenols is 1. The van der Waals surface area contributed by atoms with Gasteiger partial charge in [0.25, 0.3) is 0 Å². The second-order valence-electron chi connectivity index (χ2n) is 3.30. The molecule has 0 saturated heterocycles. The molecule has 2 aromatic carbocycles. The van der Waals surface area contributed by atoms with Crippen LogP contribution in [0.1, 0.15) is 5.56 Å². The Kier molecular flexibility index (Phi) is 6.04. The van der Waals surface area contributed by atoms with Gasteiger partial charge in [0.15, 0.2) is 0 Å². The zero-order chi connectivity index (χ0) is 12.3. The average Bonchev–Trinajstić information content (AvgIpc) is 2.39. The van der Waals surface area contributed by atoms with Crippen LogP contribution in [0.5, 0.6) is 5.75 Å². The Bertz CT molecular complexity index is 409. The largest absolute Gasteiger partial charge is 0.508 e. The van der Waals surface area contributed by atoms with Gasteiger partial charge in [-0.05, 0) is 17.7 Å². The lowest BCUT2D eigenvalue weighted by Gasteiger charge is -1.98. The zero-order valence-corrected chi connectivity index (χ0v) is 9.62. The molecular formula is C15H16O2. The lowest BCUT2D eigenvalue weighted by Crippen LogP contribution is -1.83. The second-order valence-corrected chi connectivity index (χ2v) is 3.30. The predicted molar refractivity (Wildman–Crippen MR) is 69.5 cm³/mol. The number of hydrogen-bond donors (Lipinski definition) is 1. The summed E-state index contributed by atoms with van der Waals surface area (Å²) in [5.74, 6) is 0.322. The zero-order valence-electron chi connectivity index (χ0n) is 9.62. The fourth-order valence-corrected chi connectivity index (χ4v) is 1.16. The molecule has 0 fully saturated rings. The monoisotopic (exact) mass is 228 g/mol. The smallest absolute Gasteiger partial charge is 0.115 e. The van der Waals surface area contributed by atoms with E-state index in [0.29, 0.717) is 12.4 Å². The van der Waals surface area contributed by atoms with Crippen LogP contribution in [0.2, 0.25) is 0 Å². The van der Waals surface area contributed by atoms with Crippen molar-refractivity contribution in [2.75, 3.05) is 0 Å². The summed E-state index contributed by atoms with van der Waals surface area (Å²) < 4.78 is 4.98. The fraction of sp³-hybridized carbons (Fsp3) is 0.0667. The molecule has 0 saturated carbocycles. The van der Waals surface area contributed by atoms with Crippen LogP contribution in [0.15, 0.2) is 73.5 Å². The lowest BCUT2D eigenvalue weighted by molar-refractivity contribution is 0.237. The molecule has 0 radical (unpaired) electrons. The molecule has 2 heteroatoms. The third-order valence-corrected chi connectivity index (χ3v) is 1.97. The topological polar surface area (TPSA) is 29.5 Å². The Hall–Kier alpha value is -2.22. The van der Waals surface area contributed by atoms with Gasteiger partial charge in [-0.25, -0.2) is 0 Å². The normalized spacial score (nSPS) is 8.71. The highest BCUT2D eigenvalue weighted by molar-refractivity contribution is 5.18. The van der Waals surface area contributed by atoms with Crippen LogP contribution in [-0.2, 0) is 11.3 Å².